The number of nitrogens with one attached hydrogen (secondary N) is 1. The van der Waals surface area contributed by atoms with E-state index in [9.17, 15) is 13.6 Å². The summed E-state index contributed by atoms with van der Waals surface area (Å²) in [7, 11) is 0. The maximum Gasteiger partial charge on any atom is 0.387 e. The predicted octanol–water partition coefficient (Wildman–Crippen LogP) is 3.78. The molecule has 0 saturated carbocycles. The third-order valence-electron chi connectivity index (χ3n) is 2.62. The molecule has 2 aromatic carbocycles. The summed E-state index contributed by atoms with van der Waals surface area (Å²) in [5, 5.41) is 2.62. The van der Waals surface area contributed by atoms with Gasteiger partial charge in [-0.2, -0.15) is 8.78 Å². The van der Waals surface area contributed by atoms with Gasteiger partial charge in [-0.3, -0.25) is 4.79 Å². The van der Waals surface area contributed by atoms with Crippen LogP contribution < -0.4 is 15.8 Å². The Bertz CT molecular complexity index is 645. The van der Waals surface area contributed by atoms with Crippen molar-refractivity contribution in [3.63, 3.8) is 0 Å². The van der Waals surface area contributed by atoms with E-state index in [1.54, 1.807) is 12.1 Å². The molecule has 0 unspecified atom stereocenters. The van der Waals surface area contributed by atoms with Crippen molar-refractivity contribution in [3.05, 3.63) is 53.1 Å². The van der Waals surface area contributed by atoms with Gasteiger partial charge in [-0.15, -0.1) is 0 Å². The van der Waals surface area contributed by atoms with Crippen molar-refractivity contribution in [2.75, 3.05) is 11.1 Å². The van der Waals surface area contributed by atoms with Gasteiger partial charge < -0.3 is 15.8 Å². The van der Waals surface area contributed by atoms with E-state index in [2.05, 4.69) is 10.1 Å². The predicted molar refractivity (Wildman–Crippen MR) is 76.9 cm³/mol. The molecule has 0 fully saturated rings. The second-order valence-electron chi connectivity index (χ2n) is 4.03. The van der Waals surface area contributed by atoms with E-state index >= 15 is 0 Å². The van der Waals surface area contributed by atoms with Gasteiger partial charge in [0.25, 0.3) is 5.91 Å². The Labute approximate surface area is 124 Å². The largest absolute Gasteiger partial charge is 0.433 e. The number of ether oxygens (including phenoxy) is 1. The smallest absolute Gasteiger partial charge is 0.387 e. The molecule has 0 heterocycles. The van der Waals surface area contributed by atoms with Crippen LogP contribution in [0.3, 0.4) is 0 Å². The number of carbonyl (C=O) groups excluding carboxylic acids is 1. The fraction of sp³-hybridized carbons (Fsp3) is 0.0714. The molecule has 0 spiro atoms. The summed E-state index contributed by atoms with van der Waals surface area (Å²) in [6.45, 7) is -2.99. The summed E-state index contributed by atoms with van der Waals surface area (Å²) in [5.41, 5.74) is 6.06. The highest BCUT2D eigenvalue weighted by atomic mass is 35.5. The number of anilines is 2. The van der Waals surface area contributed by atoms with Crippen molar-refractivity contribution in [3.8, 4) is 5.75 Å². The molecule has 1 amide bonds. The average molecular weight is 313 g/mol. The lowest BCUT2D eigenvalue weighted by Crippen LogP contribution is -2.16. The van der Waals surface area contributed by atoms with Gasteiger partial charge in [0.2, 0.25) is 0 Å². The number of carbonyl (C=O) groups is 1. The maximum absolute atomic E-state index is 12.3. The average Bonchev–Trinajstić information content (AvgIpc) is 2.40. The Balaban J connectivity index is 2.28. The Hall–Kier alpha value is -2.34. The number of para-hydroxylation sites is 2. The minimum absolute atomic E-state index is 0.0750. The van der Waals surface area contributed by atoms with Crippen molar-refractivity contribution >= 4 is 28.9 Å². The summed E-state index contributed by atoms with van der Waals surface area (Å²) < 4.78 is 29.0. The zero-order valence-corrected chi connectivity index (χ0v) is 11.4. The van der Waals surface area contributed by atoms with E-state index in [1.165, 1.54) is 30.3 Å². The van der Waals surface area contributed by atoms with Gasteiger partial charge in [0.1, 0.15) is 5.75 Å². The summed E-state index contributed by atoms with van der Waals surface area (Å²) in [6.07, 6.45) is 0. The topological polar surface area (TPSA) is 64.4 Å². The number of hydrogen-bond acceptors (Lipinski definition) is 3. The number of benzene rings is 2. The quantitative estimate of drug-likeness (QED) is 0.845. The van der Waals surface area contributed by atoms with E-state index in [4.69, 9.17) is 17.3 Å². The fourth-order valence-corrected chi connectivity index (χ4v) is 2.00. The van der Waals surface area contributed by atoms with Crippen LogP contribution in [0.4, 0.5) is 20.2 Å². The minimum Gasteiger partial charge on any atom is -0.433 e. The molecular weight excluding hydrogens is 302 g/mol. The molecule has 0 saturated heterocycles. The molecule has 0 aliphatic heterocycles. The molecule has 4 nitrogen and oxygen atoms in total. The molecule has 0 radical (unpaired) electrons. The second kappa shape index (κ2) is 6.41. The Morgan fingerprint density at radius 3 is 2.57 bits per heavy atom. The van der Waals surface area contributed by atoms with E-state index in [0.29, 0.717) is 0 Å². The van der Waals surface area contributed by atoms with Crippen molar-refractivity contribution in [1.82, 2.24) is 0 Å². The van der Waals surface area contributed by atoms with Crippen molar-refractivity contribution in [1.29, 1.82) is 0 Å². The van der Waals surface area contributed by atoms with Crippen molar-refractivity contribution < 1.29 is 18.3 Å². The molecule has 0 bridgehead atoms. The first-order chi connectivity index (χ1) is 9.99. The Morgan fingerprint density at radius 2 is 1.90 bits per heavy atom. The molecule has 3 N–H and O–H groups in total. The van der Waals surface area contributed by atoms with E-state index in [0.717, 1.165) is 0 Å². The molecule has 2 aromatic rings. The third kappa shape index (κ3) is 3.61. The first-order valence-corrected chi connectivity index (χ1v) is 6.26. The molecule has 0 atom stereocenters. The van der Waals surface area contributed by atoms with Crippen LogP contribution in [0.2, 0.25) is 5.02 Å². The molecule has 2 rings (SSSR count). The number of hydrogen-bond donors (Lipinski definition) is 2. The number of nitrogens with two attached hydrogens (primary N) is 1. The zero-order valence-electron chi connectivity index (χ0n) is 10.6. The number of rotatable bonds is 4. The van der Waals surface area contributed by atoms with Crippen LogP contribution in [0.5, 0.6) is 5.75 Å². The normalized spacial score (nSPS) is 10.5. The van der Waals surface area contributed by atoms with Gasteiger partial charge in [0.15, 0.2) is 0 Å². The molecule has 110 valence electrons. The zero-order chi connectivity index (χ0) is 15.4. The number of nitrogen functional groups attached to an aromatic ring is 1. The molecule has 0 aliphatic rings. The van der Waals surface area contributed by atoms with Crippen LogP contribution in [-0.4, -0.2) is 12.5 Å². The van der Waals surface area contributed by atoms with Crippen LogP contribution in [0.1, 0.15) is 10.4 Å². The lowest BCUT2D eigenvalue weighted by molar-refractivity contribution is -0.0493. The first-order valence-electron chi connectivity index (χ1n) is 5.88. The van der Waals surface area contributed by atoms with Gasteiger partial charge in [-0.1, -0.05) is 29.8 Å². The molecule has 0 aliphatic carbocycles. The van der Waals surface area contributed by atoms with Crippen LogP contribution in [0, 0.1) is 0 Å². The van der Waals surface area contributed by atoms with E-state index < -0.39 is 12.5 Å². The summed E-state index contributed by atoms with van der Waals surface area (Å²) in [5.74, 6) is -0.755. The fourth-order valence-electron chi connectivity index (χ4n) is 1.73. The molecule has 21 heavy (non-hydrogen) atoms. The Kier molecular flexibility index (Phi) is 4.59. The first kappa shape index (κ1) is 15.1. The minimum atomic E-state index is -2.99. The number of alkyl halides is 2. The third-order valence-corrected chi connectivity index (χ3v) is 2.94. The SMILES string of the molecule is Nc1cccc(Cl)c1C(=O)Nc1ccccc1OC(F)F. The van der Waals surface area contributed by atoms with Crippen LogP contribution in [-0.2, 0) is 0 Å². The van der Waals surface area contributed by atoms with Gasteiger partial charge in [0.05, 0.1) is 16.3 Å². The standard InChI is InChI=1S/C14H11ClF2N2O2/c15-8-4-3-5-9(18)12(8)13(20)19-10-6-1-2-7-11(10)21-14(16)17/h1-7,14H,18H2,(H,19,20). The molecule has 0 aromatic heterocycles. The summed E-state index contributed by atoms with van der Waals surface area (Å²) in [6, 6.07) is 10.5. The second-order valence-corrected chi connectivity index (χ2v) is 4.44. The highest BCUT2D eigenvalue weighted by Crippen LogP contribution is 2.28. The number of amides is 1. The van der Waals surface area contributed by atoms with Crippen LogP contribution in [0.15, 0.2) is 42.5 Å². The van der Waals surface area contributed by atoms with E-state index in [1.807, 2.05) is 0 Å². The summed E-state index contributed by atoms with van der Waals surface area (Å²) >= 11 is 5.92. The van der Waals surface area contributed by atoms with Crippen molar-refractivity contribution in [2.45, 2.75) is 6.61 Å². The van der Waals surface area contributed by atoms with Crippen LogP contribution in [0.25, 0.3) is 0 Å². The maximum atomic E-state index is 12.3. The van der Waals surface area contributed by atoms with Gasteiger partial charge in [-0.05, 0) is 24.3 Å². The summed E-state index contributed by atoms with van der Waals surface area (Å²) in [4.78, 5) is 12.2. The molecular formula is C14H11ClF2N2O2. The lowest BCUT2D eigenvalue weighted by atomic mass is 10.1. The van der Waals surface area contributed by atoms with Gasteiger partial charge >= 0.3 is 6.61 Å². The van der Waals surface area contributed by atoms with Gasteiger partial charge in [-0.25, -0.2) is 0 Å². The highest BCUT2D eigenvalue weighted by molar-refractivity contribution is 6.35. The highest BCUT2D eigenvalue weighted by Gasteiger charge is 2.16. The van der Waals surface area contributed by atoms with Crippen LogP contribution >= 0.6 is 11.6 Å². The van der Waals surface area contributed by atoms with Gasteiger partial charge in [0, 0.05) is 5.69 Å². The number of halogens is 3. The van der Waals surface area contributed by atoms with E-state index in [-0.39, 0.29) is 27.7 Å². The monoisotopic (exact) mass is 312 g/mol. The van der Waals surface area contributed by atoms with Crippen molar-refractivity contribution in [2.24, 2.45) is 0 Å². The Morgan fingerprint density at radius 1 is 1.19 bits per heavy atom. The molecule has 7 heteroatoms. The lowest BCUT2D eigenvalue weighted by Gasteiger charge is -2.13.